The van der Waals surface area contributed by atoms with Crippen LogP contribution in [0.1, 0.15) is 128 Å². The number of nitrogens with zero attached hydrogens (tertiary/aromatic N) is 3. The fraction of sp³-hybridized carbons (Fsp3) is 0.590. The predicted octanol–water partition coefficient (Wildman–Crippen LogP) is 10.8. The molecular weight excluding hydrogens is 588 g/mol. The number of rotatable bonds is 26. The molecule has 1 heterocycles. The second kappa shape index (κ2) is 23.6. The van der Waals surface area contributed by atoms with Crippen LogP contribution in [0.2, 0.25) is 0 Å². The molecule has 3 rings (SSSR count). The van der Waals surface area contributed by atoms with Gasteiger partial charge in [0.05, 0.1) is 24.6 Å². The summed E-state index contributed by atoms with van der Waals surface area (Å²) in [5.41, 5.74) is 1.39. The molecule has 0 saturated carbocycles. The van der Waals surface area contributed by atoms with Crippen LogP contribution < -0.4 is 20.7 Å². The number of aryl methyl sites for hydroxylation is 2. The second-order valence-corrected chi connectivity index (χ2v) is 12.7. The maximum Gasteiger partial charge on any atom is 0.328 e. The first-order valence-corrected chi connectivity index (χ1v) is 18.2. The van der Waals surface area contributed by atoms with Crippen LogP contribution in [0.25, 0.3) is 0 Å². The Hall–Kier alpha value is -3.68. The summed E-state index contributed by atoms with van der Waals surface area (Å²) in [4.78, 5) is 25.7. The van der Waals surface area contributed by atoms with E-state index in [0.29, 0.717) is 18.7 Å². The standard InChI is InChI=1S/C39H58N4O4/c1-3-4-5-6-7-8-9-10-11-12-13-14-15-16-19-30-46-36-25-21-34(22-26-36)41-42-35-23-27-37(28-24-35)47-31-20-17-18-29-43-32-33(2)38(44)40-39(43)45/h21-28,32H,3-20,29-31H2,1-2H3,(H,40,44,45). The van der Waals surface area contributed by atoms with Crippen LogP contribution in [0.5, 0.6) is 11.5 Å². The van der Waals surface area contributed by atoms with Crippen molar-refractivity contribution < 1.29 is 9.47 Å². The van der Waals surface area contributed by atoms with Crippen LogP contribution >= 0.6 is 0 Å². The van der Waals surface area contributed by atoms with Gasteiger partial charge < -0.3 is 14.0 Å². The Morgan fingerprint density at radius 3 is 1.43 bits per heavy atom. The molecule has 0 radical (unpaired) electrons. The van der Waals surface area contributed by atoms with Crippen molar-refractivity contribution in [2.75, 3.05) is 13.2 Å². The van der Waals surface area contributed by atoms with Gasteiger partial charge in [-0.05, 0) is 81.1 Å². The van der Waals surface area contributed by atoms with E-state index in [9.17, 15) is 9.59 Å². The highest BCUT2D eigenvalue weighted by atomic mass is 16.5. The Labute approximate surface area is 282 Å². The highest BCUT2D eigenvalue weighted by Gasteiger charge is 2.02. The van der Waals surface area contributed by atoms with Crippen LogP contribution in [-0.4, -0.2) is 22.8 Å². The van der Waals surface area contributed by atoms with E-state index < -0.39 is 0 Å². The van der Waals surface area contributed by atoms with Gasteiger partial charge in [-0.3, -0.25) is 9.78 Å². The fourth-order valence-electron chi connectivity index (χ4n) is 5.53. The number of nitrogens with one attached hydrogen (secondary N) is 1. The maximum atomic E-state index is 11.9. The minimum atomic E-state index is -0.360. The smallest absolute Gasteiger partial charge is 0.328 e. The van der Waals surface area contributed by atoms with E-state index in [4.69, 9.17) is 9.47 Å². The third kappa shape index (κ3) is 16.6. The summed E-state index contributed by atoms with van der Waals surface area (Å²) in [6.07, 6.45) is 24.7. The number of azo groups is 1. The SMILES string of the molecule is CCCCCCCCCCCCCCCCCOc1ccc(N=Nc2ccc(OCCCCCn3cc(C)c(=O)[nH]c3=O)cc2)cc1. The molecule has 258 valence electrons. The van der Waals surface area contributed by atoms with E-state index in [0.717, 1.165) is 55.2 Å². The molecule has 1 aromatic heterocycles. The summed E-state index contributed by atoms with van der Waals surface area (Å²) in [5.74, 6) is 1.66. The molecule has 0 amide bonds. The molecule has 0 atom stereocenters. The van der Waals surface area contributed by atoms with Gasteiger partial charge in [0.15, 0.2) is 0 Å². The molecule has 8 nitrogen and oxygen atoms in total. The molecule has 2 aromatic carbocycles. The Balaban J connectivity index is 1.18. The van der Waals surface area contributed by atoms with Gasteiger partial charge in [-0.1, -0.05) is 96.8 Å². The molecule has 0 saturated heterocycles. The molecule has 0 aliphatic carbocycles. The monoisotopic (exact) mass is 646 g/mol. The molecular formula is C39H58N4O4. The lowest BCUT2D eigenvalue weighted by Gasteiger charge is -2.08. The quantitative estimate of drug-likeness (QED) is 0.0693. The highest BCUT2D eigenvalue weighted by molar-refractivity contribution is 5.44. The van der Waals surface area contributed by atoms with Gasteiger partial charge in [-0.25, -0.2) is 4.79 Å². The summed E-state index contributed by atoms with van der Waals surface area (Å²) in [6, 6.07) is 15.3. The van der Waals surface area contributed by atoms with Crippen LogP contribution in [0.3, 0.4) is 0 Å². The van der Waals surface area contributed by atoms with Gasteiger partial charge in [0.2, 0.25) is 0 Å². The minimum Gasteiger partial charge on any atom is -0.494 e. The first kappa shape index (κ1) is 37.8. The van der Waals surface area contributed by atoms with E-state index in [2.05, 4.69) is 22.1 Å². The zero-order valence-electron chi connectivity index (χ0n) is 29.0. The number of hydrogen-bond acceptors (Lipinski definition) is 6. The average Bonchev–Trinajstić information content (AvgIpc) is 3.08. The largest absolute Gasteiger partial charge is 0.494 e. The zero-order valence-corrected chi connectivity index (χ0v) is 29.0. The van der Waals surface area contributed by atoms with Gasteiger partial charge in [0, 0.05) is 18.3 Å². The molecule has 47 heavy (non-hydrogen) atoms. The molecule has 0 aliphatic heterocycles. The third-order valence-electron chi connectivity index (χ3n) is 8.47. The van der Waals surface area contributed by atoms with Crippen LogP contribution in [-0.2, 0) is 6.54 Å². The van der Waals surface area contributed by atoms with Gasteiger partial charge in [-0.2, -0.15) is 10.2 Å². The van der Waals surface area contributed by atoms with Crippen molar-refractivity contribution in [3.63, 3.8) is 0 Å². The molecule has 0 bridgehead atoms. The summed E-state index contributed by atoms with van der Waals surface area (Å²) >= 11 is 0. The number of aromatic amines is 1. The topological polar surface area (TPSA) is 98.0 Å². The number of ether oxygens (including phenoxy) is 2. The van der Waals surface area contributed by atoms with Crippen molar-refractivity contribution in [1.29, 1.82) is 0 Å². The van der Waals surface area contributed by atoms with Crippen molar-refractivity contribution >= 4 is 11.4 Å². The van der Waals surface area contributed by atoms with Crippen molar-refractivity contribution in [2.24, 2.45) is 10.2 Å². The fourth-order valence-corrected chi connectivity index (χ4v) is 5.53. The number of benzene rings is 2. The molecule has 0 fully saturated rings. The van der Waals surface area contributed by atoms with Crippen LogP contribution in [0.15, 0.2) is 74.5 Å². The highest BCUT2D eigenvalue weighted by Crippen LogP contribution is 2.23. The van der Waals surface area contributed by atoms with Gasteiger partial charge >= 0.3 is 5.69 Å². The van der Waals surface area contributed by atoms with E-state index in [1.807, 2.05) is 48.5 Å². The lowest BCUT2D eigenvalue weighted by atomic mass is 10.0. The van der Waals surface area contributed by atoms with Gasteiger partial charge in [0.1, 0.15) is 11.5 Å². The normalized spacial score (nSPS) is 11.4. The predicted molar refractivity (Wildman–Crippen MR) is 193 cm³/mol. The van der Waals surface area contributed by atoms with E-state index in [-0.39, 0.29) is 11.2 Å². The third-order valence-corrected chi connectivity index (χ3v) is 8.47. The van der Waals surface area contributed by atoms with Gasteiger partial charge in [-0.15, -0.1) is 0 Å². The Morgan fingerprint density at radius 1 is 0.574 bits per heavy atom. The van der Waals surface area contributed by atoms with Gasteiger partial charge in [0.25, 0.3) is 5.56 Å². The van der Waals surface area contributed by atoms with Crippen molar-refractivity contribution in [3.05, 3.63) is 81.1 Å². The number of unbranched alkanes of at least 4 members (excludes halogenated alkanes) is 16. The second-order valence-electron chi connectivity index (χ2n) is 12.7. The average molecular weight is 647 g/mol. The van der Waals surface area contributed by atoms with Crippen molar-refractivity contribution in [2.45, 2.75) is 136 Å². The van der Waals surface area contributed by atoms with E-state index >= 15 is 0 Å². The Bertz CT molecular complexity index is 1380. The van der Waals surface area contributed by atoms with Crippen LogP contribution in [0, 0.1) is 6.92 Å². The molecule has 1 N–H and O–H groups in total. The first-order valence-electron chi connectivity index (χ1n) is 18.2. The molecule has 8 heteroatoms. The summed E-state index contributed by atoms with van der Waals surface area (Å²) in [7, 11) is 0. The number of H-pyrrole nitrogens is 1. The zero-order chi connectivity index (χ0) is 33.4. The summed E-state index contributed by atoms with van der Waals surface area (Å²) in [6.45, 7) is 5.90. The molecule has 3 aromatic rings. The number of aromatic nitrogens is 2. The Morgan fingerprint density at radius 2 is 0.979 bits per heavy atom. The maximum absolute atomic E-state index is 11.9. The van der Waals surface area contributed by atoms with Crippen molar-refractivity contribution in [3.8, 4) is 11.5 Å². The van der Waals surface area contributed by atoms with Crippen molar-refractivity contribution in [1.82, 2.24) is 9.55 Å². The summed E-state index contributed by atoms with van der Waals surface area (Å²) < 4.78 is 13.3. The van der Waals surface area contributed by atoms with Crippen LogP contribution in [0.4, 0.5) is 11.4 Å². The Kier molecular flexibility index (Phi) is 19.0. The van der Waals surface area contributed by atoms with E-state index in [1.165, 1.54) is 89.9 Å². The first-order chi connectivity index (χ1) is 23.0. The molecule has 0 aliphatic rings. The number of hydrogen-bond donors (Lipinski definition) is 1. The lowest BCUT2D eigenvalue weighted by Crippen LogP contribution is -2.30. The summed E-state index contributed by atoms with van der Waals surface area (Å²) in [5, 5.41) is 8.69. The molecule has 0 unspecified atom stereocenters. The minimum absolute atomic E-state index is 0.327. The lowest BCUT2D eigenvalue weighted by molar-refractivity contribution is 0.303. The van der Waals surface area contributed by atoms with E-state index in [1.54, 1.807) is 17.7 Å². The molecule has 0 spiro atoms.